The Labute approximate surface area is 70.8 Å². The van der Waals surface area contributed by atoms with Crippen molar-refractivity contribution in [3.8, 4) is 0 Å². The molecule has 1 aromatic carbocycles. The fourth-order valence-electron chi connectivity index (χ4n) is 0.669. The van der Waals surface area contributed by atoms with Crippen LogP contribution in [-0.4, -0.2) is 6.04 Å². The summed E-state index contributed by atoms with van der Waals surface area (Å²) in [6.45, 7) is 0. The third-order valence-electron chi connectivity index (χ3n) is 1.21. The summed E-state index contributed by atoms with van der Waals surface area (Å²) in [6, 6.07) is -0.679. The Morgan fingerprint density at radius 1 is 1.33 bits per heavy atom. The number of carbonyl (C=O) groups is 1. The minimum atomic E-state index is -1.85. The molecule has 0 N–H and O–H groups in total. The Morgan fingerprint density at radius 3 is 2.33 bits per heavy atom. The van der Waals surface area contributed by atoms with Gasteiger partial charge in [-0.05, 0) is 12.1 Å². The van der Waals surface area contributed by atoms with Crippen LogP contribution < -0.4 is 0 Å². The fraction of sp³-hybridized carbons (Fsp3) is 0. The molecule has 0 atom stereocenters. The molecule has 1 aromatic rings. The van der Waals surface area contributed by atoms with Crippen LogP contribution in [0.25, 0.3) is 0 Å². The van der Waals surface area contributed by atoms with Gasteiger partial charge in [-0.3, -0.25) is 4.79 Å². The number of benzene rings is 1. The van der Waals surface area contributed by atoms with E-state index < -0.39 is 28.3 Å². The zero-order valence-corrected chi connectivity index (χ0v) is 6.33. The molecule has 0 saturated heterocycles. The summed E-state index contributed by atoms with van der Waals surface area (Å²) in [5.41, 5.74) is -0.598. The van der Waals surface area contributed by atoms with Crippen LogP contribution in [-0.2, 0) is 0 Å². The van der Waals surface area contributed by atoms with Gasteiger partial charge in [-0.25, -0.2) is 8.78 Å². The standard InChI is InChI=1S/C7H2ClF3O/c8-4-1-3(7(11)12)2-5(9)6(4)10/h1-2H. The molecule has 5 heteroatoms. The molecule has 0 aliphatic rings. The van der Waals surface area contributed by atoms with Gasteiger partial charge in [0.2, 0.25) is 0 Å². The highest BCUT2D eigenvalue weighted by Gasteiger charge is 2.12. The van der Waals surface area contributed by atoms with Crippen molar-refractivity contribution in [2.24, 2.45) is 0 Å². The van der Waals surface area contributed by atoms with Crippen molar-refractivity contribution in [1.82, 2.24) is 0 Å². The van der Waals surface area contributed by atoms with Gasteiger partial charge in [0.05, 0.1) is 10.6 Å². The van der Waals surface area contributed by atoms with Crippen molar-refractivity contribution in [2.75, 3.05) is 0 Å². The number of halogens is 4. The Bertz CT molecular complexity index is 314. The maximum atomic E-state index is 12.4. The highest BCUT2D eigenvalue weighted by atomic mass is 35.5. The second-order valence-electron chi connectivity index (χ2n) is 2.03. The second kappa shape index (κ2) is 3.15. The van der Waals surface area contributed by atoms with Gasteiger partial charge in [0.1, 0.15) is 0 Å². The molecule has 12 heavy (non-hydrogen) atoms. The summed E-state index contributed by atoms with van der Waals surface area (Å²) in [5, 5.41) is -0.615. The van der Waals surface area contributed by atoms with E-state index in [1.165, 1.54) is 0 Å². The van der Waals surface area contributed by atoms with E-state index in [0.29, 0.717) is 6.07 Å². The van der Waals surface area contributed by atoms with Gasteiger partial charge >= 0.3 is 6.04 Å². The van der Waals surface area contributed by atoms with Crippen LogP contribution in [0.4, 0.5) is 13.2 Å². The first-order chi connectivity index (χ1) is 5.52. The first kappa shape index (κ1) is 9.06. The molecule has 0 radical (unpaired) electrons. The van der Waals surface area contributed by atoms with Gasteiger partial charge in [-0.2, -0.15) is 4.39 Å². The monoisotopic (exact) mass is 194 g/mol. The molecule has 0 saturated carbocycles. The highest BCUT2D eigenvalue weighted by molar-refractivity contribution is 6.31. The fourth-order valence-corrected chi connectivity index (χ4v) is 0.877. The lowest BCUT2D eigenvalue weighted by atomic mass is 10.2. The number of hydrogen-bond acceptors (Lipinski definition) is 1. The van der Waals surface area contributed by atoms with Crippen molar-refractivity contribution in [3.05, 3.63) is 34.4 Å². The Kier molecular flexibility index (Phi) is 2.38. The summed E-state index contributed by atoms with van der Waals surface area (Å²) in [6.07, 6.45) is 0. The molecule has 0 bridgehead atoms. The van der Waals surface area contributed by atoms with Gasteiger partial charge in [0, 0.05) is 0 Å². The molecular weight excluding hydrogens is 193 g/mol. The number of carbonyl (C=O) groups excluding carboxylic acids is 1. The summed E-state index contributed by atoms with van der Waals surface area (Å²) in [5.74, 6) is -2.63. The number of hydrogen-bond donors (Lipinski definition) is 0. The van der Waals surface area contributed by atoms with E-state index in [-0.39, 0.29) is 0 Å². The van der Waals surface area contributed by atoms with Crippen molar-refractivity contribution in [2.45, 2.75) is 0 Å². The summed E-state index contributed by atoms with van der Waals surface area (Å²) >= 11 is 5.13. The van der Waals surface area contributed by atoms with Gasteiger partial charge < -0.3 is 0 Å². The molecule has 0 spiro atoms. The quantitative estimate of drug-likeness (QED) is 0.496. The molecule has 0 aliphatic heterocycles. The summed E-state index contributed by atoms with van der Waals surface area (Å²) < 4.78 is 36.8. The predicted molar refractivity (Wildman–Crippen MR) is 36.8 cm³/mol. The summed E-state index contributed by atoms with van der Waals surface area (Å²) in [7, 11) is 0. The van der Waals surface area contributed by atoms with E-state index in [1.807, 2.05) is 0 Å². The smallest absolute Gasteiger partial charge is 0.255 e. The van der Waals surface area contributed by atoms with Crippen molar-refractivity contribution in [3.63, 3.8) is 0 Å². The van der Waals surface area contributed by atoms with Crippen LogP contribution in [0.5, 0.6) is 0 Å². The Morgan fingerprint density at radius 2 is 1.92 bits per heavy atom. The highest BCUT2D eigenvalue weighted by Crippen LogP contribution is 2.20. The molecular formula is C7H2ClF3O. The zero-order chi connectivity index (χ0) is 9.30. The normalized spacial score (nSPS) is 10.0. The first-order valence-electron chi connectivity index (χ1n) is 2.86. The lowest BCUT2D eigenvalue weighted by Crippen LogP contribution is -1.94. The molecule has 0 aliphatic carbocycles. The van der Waals surface area contributed by atoms with Crippen LogP contribution in [0.1, 0.15) is 10.4 Å². The molecule has 1 rings (SSSR count). The van der Waals surface area contributed by atoms with E-state index in [4.69, 9.17) is 11.6 Å². The maximum absolute atomic E-state index is 12.4. The molecule has 0 aromatic heterocycles. The van der Waals surface area contributed by atoms with Crippen LogP contribution in [0.2, 0.25) is 5.02 Å². The maximum Gasteiger partial charge on any atom is 0.332 e. The topological polar surface area (TPSA) is 17.1 Å². The Balaban J connectivity index is 3.31. The molecule has 0 fully saturated rings. The lowest BCUT2D eigenvalue weighted by Gasteiger charge is -1.97. The largest absolute Gasteiger partial charge is 0.332 e. The van der Waals surface area contributed by atoms with Crippen molar-refractivity contribution < 1.29 is 18.0 Å². The van der Waals surface area contributed by atoms with Crippen LogP contribution >= 0.6 is 11.6 Å². The van der Waals surface area contributed by atoms with Gasteiger partial charge in [0.15, 0.2) is 11.6 Å². The second-order valence-corrected chi connectivity index (χ2v) is 2.43. The Hall–Kier alpha value is -1.03. The van der Waals surface area contributed by atoms with Gasteiger partial charge in [0.25, 0.3) is 0 Å². The minimum Gasteiger partial charge on any atom is -0.255 e. The molecule has 64 valence electrons. The average molecular weight is 195 g/mol. The molecule has 0 heterocycles. The first-order valence-corrected chi connectivity index (χ1v) is 3.24. The van der Waals surface area contributed by atoms with E-state index in [9.17, 15) is 18.0 Å². The minimum absolute atomic E-state index is 0.448. The van der Waals surface area contributed by atoms with E-state index in [1.54, 1.807) is 0 Å². The van der Waals surface area contributed by atoms with Crippen LogP contribution in [0.15, 0.2) is 12.1 Å². The van der Waals surface area contributed by atoms with Gasteiger partial charge in [-0.15, -0.1) is 0 Å². The summed E-state index contributed by atoms with van der Waals surface area (Å²) in [4.78, 5) is 10.0. The van der Waals surface area contributed by atoms with E-state index >= 15 is 0 Å². The molecule has 1 nitrogen and oxygen atoms in total. The third-order valence-corrected chi connectivity index (χ3v) is 1.49. The zero-order valence-electron chi connectivity index (χ0n) is 5.57. The van der Waals surface area contributed by atoms with Gasteiger partial charge in [-0.1, -0.05) is 11.6 Å². The predicted octanol–water partition coefficient (Wildman–Crippen LogP) is 2.73. The number of rotatable bonds is 1. The van der Waals surface area contributed by atoms with Crippen LogP contribution in [0.3, 0.4) is 0 Å². The SMILES string of the molecule is O=C(F)c1cc(F)c(F)c(Cl)c1. The van der Waals surface area contributed by atoms with E-state index in [0.717, 1.165) is 6.07 Å². The van der Waals surface area contributed by atoms with E-state index in [2.05, 4.69) is 0 Å². The van der Waals surface area contributed by atoms with Crippen molar-refractivity contribution >= 4 is 17.6 Å². The average Bonchev–Trinajstić information content (AvgIpc) is 1.99. The van der Waals surface area contributed by atoms with Crippen molar-refractivity contribution in [1.29, 1.82) is 0 Å². The van der Waals surface area contributed by atoms with Crippen LogP contribution in [0, 0.1) is 11.6 Å². The molecule has 0 unspecified atom stereocenters. The third kappa shape index (κ3) is 1.58. The lowest BCUT2D eigenvalue weighted by molar-refractivity contribution is 0.0835. The molecule has 0 amide bonds.